The summed E-state index contributed by atoms with van der Waals surface area (Å²) in [6.45, 7) is 5.85. The molecule has 1 aliphatic heterocycles. The lowest BCUT2D eigenvalue weighted by atomic mass is 10.1. The van der Waals surface area contributed by atoms with Gasteiger partial charge in [0.1, 0.15) is 24.5 Å². The number of fused-ring (bicyclic) bond motifs is 1. The van der Waals surface area contributed by atoms with Crippen LogP contribution >= 0.6 is 23.2 Å². The van der Waals surface area contributed by atoms with E-state index in [1.54, 1.807) is 12.3 Å². The second kappa shape index (κ2) is 16.3. The minimum absolute atomic E-state index is 0.232. The molecule has 0 spiro atoms. The number of nitrogens with zero attached hydrogens (tertiary/aromatic N) is 4. The minimum atomic E-state index is -0.473. The maximum Gasteiger partial charge on any atom is 0.407 e. The van der Waals surface area contributed by atoms with Crippen molar-refractivity contribution in [2.45, 2.75) is 6.61 Å². The fraction of sp³-hybridized carbons (Fsp3) is 0.344. The van der Waals surface area contributed by atoms with Crippen molar-refractivity contribution in [3.05, 3.63) is 88.5 Å². The van der Waals surface area contributed by atoms with E-state index in [0.717, 1.165) is 48.5 Å². The van der Waals surface area contributed by atoms with Crippen molar-refractivity contribution in [1.29, 1.82) is 0 Å². The minimum Gasteiger partial charge on any atom is -0.491 e. The van der Waals surface area contributed by atoms with Gasteiger partial charge in [-0.1, -0.05) is 65.7 Å². The van der Waals surface area contributed by atoms with Crippen LogP contribution in [-0.2, 0) is 20.8 Å². The average molecular weight is 641 g/mol. The molecule has 0 aliphatic carbocycles. The molecule has 1 N–H and O–H groups in total. The Kier molecular flexibility index (Phi) is 11.7. The Labute approximate surface area is 266 Å². The number of aromatic nitrogens is 2. The van der Waals surface area contributed by atoms with Crippen LogP contribution in [-0.4, -0.2) is 82.0 Å². The van der Waals surface area contributed by atoms with Crippen LogP contribution in [0.25, 0.3) is 10.9 Å². The smallest absolute Gasteiger partial charge is 0.407 e. The molecule has 0 bridgehead atoms. The molecular formula is C32H35Cl2N5O5. The fourth-order valence-corrected chi connectivity index (χ4v) is 5.28. The van der Waals surface area contributed by atoms with Crippen LogP contribution in [0.15, 0.2) is 72.9 Å². The van der Waals surface area contributed by atoms with Gasteiger partial charge in [0.25, 0.3) is 0 Å². The number of anilines is 2. The van der Waals surface area contributed by atoms with Crippen molar-refractivity contribution in [3.8, 4) is 5.75 Å². The number of rotatable bonds is 14. The summed E-state index contributed by atoms with van der Waals surface area (Å²) in [7, 11) is 0. The Balaban J connectivity index is 0.960. The number of halogens is 2. The molecule has 0 unspecified atom stereocenters. The summed E-state index contributed by atoms with van der Waals surface area (Å²) in [4.78, 5) is 16.3. The van der Waals surface area contributed by atoms with E-state index in [1.807, 2.05) is 60.7 Å². The molecular weight excluding hydrogens is 605 g/mol. The highest BCUT2D eigenvalue weighted by molar-refractivity contribution is 6.35. The van der Waals surface area contributed by atoms with Gasteiger partial charge in [-0.05, 0) is 23.8 Å². The predicted molar refractivity (Wildman–Crippen MR) is 172 cm³/mol. The Hall–Kier alpha value is -3.83. The molecule has 12 heteroatoms. The topological polar surface area (TPSA) is 98.3 Å². The maximum absolute atomic E-state index is 11.7. The zero-order valence-electron chi connectivity index (χ0n) is 24.3. The highest BCUT2D eigenvalue weighted by Gasteiger charge is 2.21. The lowest BCUT2D eigenvalue weighted by molar-refractivity contribution is 0.0369. The molecule has 44 heavy (non-hydrogen) atoms. The number of ether oxygens (including phenoxy) is 4. The molecule has 0 atom stereocenters. The largest absolute Gasteiger partial charge is 0.491 e. The molecule has 2 heterocycles. The third-order valence-electron chi connectivity index (χ3n) is 7.04. The van der Waals surface area contributed by atoms with Crippen LogP contribution in [0.5, 0.6) is 5.75 Å². The monoisotopic (exact) mass is 639 g/mol. The van der Waals surface area contributed by atoms with E-state index in [9.17, 15) is 4.79 Å². The van der Waals surface area contributed by atoms with Gasteiger partial charge in [-0.15, -0.1) is 5.10 Å². The van der Waals surface area contributed by atoms with Crippen LogP contribution in [0.1, 0.15) is 5.56 Å². The molecule has 1 saturated heterocycles. The Morgan fingerprint density at radius 1 is 0.841 bits per heavy atom. The first kappa shape index (κ1) is 31.6. The number of alkyl carbamates (subject to hydrolysis) is 1. The number of nitrogens with one attached hydrogen (secondary N) is 1. The SMILES string of the molecule is O=C(NCCOCCOCCOc1cc(Cl)cc(N2CCN(c3cnnc4c(Cl)cccc34)CC2)c1)OCc1ccccc1. The number of hydrogen-bond donors (Lipinski definition) is 1. The number of carbonyl (C=O) groups excluding carboxylic acids is 1. The third-order valence-corrected chi connectivity index (χ3v) is 7.56. The highest BCUT2D eigenvalue weighted by atomic mass is 35.5. The summed E-state index contributed by atoms with van der Waals surface area (Å²) in [6, 6.07) is 21.1. The molecule has 0 radical (unpaired) electrons. The van der Waals surface area contributed by atoms with Gasteiger partial charge in [0, 0.05) is 54.9 Å². The first-order valence-corrected chi connectivity index (χ1v) is 15.3. The van der Waals surface area contributed by atoms with E-state index in [-0.39, 0.29) is 6.61 Å². The quantitative estimate of drug-likeness (QED) is 0.177. The van der Waals surface area contributed by atoms with Gasteiger partial charge in [0.2, 0.25) is 0 Å². The highest BCUT2D eigenvalue weighted by Crippen LogP contribution is 2.31. The van der Waals surface area contributed by atoms with Gasteiger partial charge in [-0.2, -0.15) is 5.10 Å². The van der Waals surface area contributed by atoms with Crippen LogP contribution < -0.4 is 19.9 Å². The van der Waals surface area contributed by atoms with Gasteiger partial charge in [0.05, 0.1) is 43.3 Å². The van der Waals surface area contributed by atoms with Crippen molar-refractivity contribution in [1.82, 2.24) is 15.5 Å². The number of carbonyl (C=O) groups is 1. The summed E-state index contributed by atoms with van der Waals surface area (Å²) >= 11 is 12.8. The Bertz CT molecular complexity index is 1510. The lowest BCUT2D eigenvalue weighted by Gasteiger charge is -2.37. The first-order chi connectivity index (χ1) is 21.6. The van der Waals surface area contributed by atoms with E-state index >= 15 is 0 Å². The van der Waals surface area contributed by atoms with Crippen LogP contribution in [0.3, 0.4) is 0 Å². The van der Waals surface area contributed by atoms with Crippen molar-refractivity contribution < 1.29 is 23.7 Å². The Morgan fingerprint density at radius 3 is 2.41 bits per heavy atom. The van der Waals surface area contributed by atoms with Gasteiger partial charge in [0.15, 0.2) is 0 Å². The van der Waals surface area contributed by atoms with E-state index in [2.05, 4.69) is 25.3 Å². The third kappa shape index (κ3) is 9.09. The van der Waals surface area contributed by atoms with Crippen LogP contribution in [0, 0.1) is 0 Å². The van der Waals surface area contributed by atoms with Gasteiger partial charge < -0.3 is 34.1 Å². The zero-order valence-corrected chi connectivity index (χ0v) is 25.8. The molecule has 1 aliphatic rings. The molecule has 4 aromatic rings. The second-order valence-electron chi connectivity index (χ2n) is 10.0. The summed E-state index contributed by atoms with van der Waals surface area (Å²) in [5.74, 6) is 0.693. The first-order valence-electron chi connectivity index (χ1n) is 14.5. The van der Waals surface area contributed by atoms with Crippen LogP contribution in [0.4, 0.5) is 16.2 Å². The van der Waals surface area contributed by atoms with Crippen molar-refractivity contribution in [2.24, 2.45) is 0 Å². The summed E-state index contributed by atoms with van der Waals surface area (Å²) in [5.41, 5.74) is 3.70. The maximum atomic E-state index is 11.7. The Morgan fingerprint density at radius 2 is 1.59 bits per heavy atom. The van der Waals surface area contributed by atoms with Gasteiger partial charge in [-0.3, -0.25) is 0 Å². The fourth-order valence-electron chi connectivity index (χ4n) is 4.85. The summed E-state index contributed by atoms with van der Waals surface area (Å²) in [6.07, 6.45) is 1.33. The van der Waals surface area contributed by atoms with E-state index < -0.39 is 6.09 Å². The van der Waals surface area contributed by atoms with E-state index in [0.29, 0.717) is 60.9 Å². The molecule has 1 amide bonds. The van der Waals surface area contributed by atoms with Gasteiger partial charge >= 0.3 is 6.09 Å². The molecule has 10 nitrogen and oxygen atoms in total. The average Bonchev–Trinajstić information content (AvgIpc) is 3.05. The molecule has 232 valence electrons. The zero-order chi connectivity index (χ0) is 30.6. The number of benzene rings is 3. The number of amides is 1. The number of hydrogen-bond acceptors (Lipinski definition) is 9. The lowest BCUT2D eigenvalue weighted by Crippen LogP contribution is -2.46. The van der Waals surface area contributed by atoms with E-state index in [4.69, 9.17) is 42.1 Å². The molecule has 1 aromatic heterocycles. The summed E-state index contributed by atoms with van der Waals surface area (Å²) in [5, 5.41) is 13.3. The number of piperazine rings is 1. The molecule has 0 saturated carbocycles. The predicted octanol–water partition coefficient (Wildman–Crippen LogP) is 5.60. The van der Waals surface area contributed by atoms with Crippen molar-refractivity contribution >= 4 is 51.6 Å². The van der Waals surface area contributed by atoms with Crippen molar-refractivity contribution in [2.75, 3.05) is 75.6 Å². The standard InChI is InChI=1S/C32H35Cl2N5O5/c33-25-19-26(38-10-12-39(13-11-38)30-22-36-37-31-28(30)7-4-8-29(31)34)21-27(20-25)43-18-17-42-16-15-41-14-9-35-32(40)44-23-24-5-2-1-3-6-24/h1-8,19-22H,9-18,23H2,(H,35,40). The van der Waals surface area contributed by atoms with Crippen LogP contribution in [0.2, 0.25) is 10.0 Å². The van der Waals surface area contributed by atoms with Crippen molar-refractivity contribution in [3.63, 3.8) is 0 Å². The summed E-state index contributed by atoms with van der Waals surface area (Å²) < 4.78 is 22.2. The molecule has 3 aromatic carbocycles. The van der Waals surface area contributed by atoms with E-state index in [1.165, 1.54) is 0 Å². The normalized spacial score (nSPS) is 13.2. The molecule has 1 fully saturated rings. The second-order valence-corrected chi connectivity index (χ2v) is 10.9. The van der Waals surface area contributed by atoms with Gasteiger partial charge in [-0.25, -0.2) is 4.79 Å². The molecule has 5 rings (SSSR count).